The topological polar surface area (TPSA) is 32.3 Å². The van der Waals surface area contributed by atoms with E-state index in [1.165, 1.54) is 0 Å². The van der Waals surface area contributed by atoms with Gasteiger partial charge >= 0.3 is 0 Å². The van der Waals surface area contributed by atoms with Gasteiger partial charge in [0.05, 0.1) is 5.92 Å². The van der Waals surface area contributed by atoms with Crippen molar-refractivity contribution in [2.75, 3.05) is 20.1 Å². The molecule has 0 radical (unpaired) electrons. The second-order valence-corrected chi connectivity index (χ2v) is 6.14. The van der Waals surface area contributed by atoms with Crippen molar-refractivity contribution in [3.63, 3.8) is 0 Å². The lowest BCUT2D eigenvalue weighted by Crippen LogP contribution is -2.45. The van der Waals surface area contributed by atoms with E-state index in [-0.39, 0.29) is 24.2 Å². The first-order valence-electron chi connectivity index (χ1n) is 8.35. The van der Waals surface area contributed by atoms with E-state index in [4.69, 9.17) is 0 Å². The highest BCUT2D eigenvalue weighted by molar-refractivity contribution is 5.87. The van der Waals surface area contributed by atoms with Crippen molar-refractivity contribution in [3.8, 4) is 0 Å². The highest BCUT2D eigenvalue weighted by Gasteiger charge is 2.29. The summed E-state index contributed by atoms with van der Waals surface area (Å²) in [4.78, 5) is 15.2. The third-order valence-corrected chi connectivity index (χ3v) is 4.73. The summed E-state index contributed by atoms with van der Waals surface area (Å²) < 4.78 is 0. The van der Waals surface area contributed by atoms with E-state index in [0.717, 1.165) is 37.1 Å². The maximum absolute atomic E-state index is 13.2. The summed E-state index contributed by atoms with van der Waals surface area (Å²) in [5, 5.41) is 3.32. The molecule has 0 saturated carbocycles. The molecule has 0 bridgehead atoms. The molecule has 24 heavy (non-hydrogen) atoms. The van der Waals surface area contributed by atoms with Crippen LogP contribution in [0.5, 0.6) is 0 Å². The second kappa shape index (κ2) is 8.86. The predicted octanol–water partition coefficient (Wildman–Crippen LogP) is 3.45. The first kappa shape index (κ1) is 18.5. The molecule has 1 N–H and O–H groups in total. The fourth-order valence-corrected chi connectivity index (χ4v) is 3.34. The number of carbonyl (C=O) groups excluding carboxylic acids is 1. The van der Waals surface area contributed by atoms with Crippen LogP contribution in [0, 0.1) is 0 Å². The minimum absolute atomic E-state index is 0. The van der Waals surface area contributed by atoms with Gasteiger partial charge in [0.15, 0.2) is 0 Å². The number of halogens is 1. The molecule has 2 aromatic rings. The van der Waals surface area contributed by atoms with Gasteiger partial charge in [-0.05, 0) is 31.0 Å². The number of nitrogens with one attached hydrogen (secondary N) is 1. The van der Waals surface area contributed by atoms with Crippen LogP contribution in [-0.4, -0.2) is 37.0 Å². The number of hydrogen-bond acceptors (Lipinski definition) is 2. The summed E-state index contributed by atoms with van der Waals surface area (Å²) in [6, 6.07) is 20.8. The van der Waals surface area contributed by atoms with Gasteiger partial charge in [-0.2, -0.15) is 0 Å². The van der Waals surface area contributed by atoms with E-state index in [9.17, 15) is 4.79 Å². The Morgan fingerprint density at radius 2 is 1.42 bits per heavy atom. The maximum atomic E-state index is 13.2. The lowest BCUT2D eigenvalue weighted by atomic mass is 9.89. The smallest absolute Gasteiger partial charge is 0.234 e. The molecule has 1 heterocycles. The number of likely N-dealkylation sites (tertiary alicyclic amines) is 1. The van der Waals surface area contributed by atoms with Crippen LogP contribution in [0.3, 0.4) is 0 Å². The SMILES string of the molecule is CNC1CCN(C(=O)C(c2ccccc2)c2ccccc2)CC1.Cl. The van der Waals surface area contributed by atoms with Gasteiger partial charge in [0.2, 0.25) is 5.91 Å². The zero-order valence-electron chi connectivity index (χ0n) is 14.0. The van der Waals surface area contributed by atoms with Gasteiger partial charge in [0.1, 0.15) is 0 Å². The molecule has 1 saturated heterocycles. The largest absolute Gasteiger partial charge is 0.342 e. The van der Waals surface area contributed by atoms with Crippen LogP contribution in [0.1, 0.15) is 29.9 Å². The fourth-order valence-electron chi connectivity index (χ4n) is 3.34. The summed E-state index contributed by atoms with van der Waals surface area (Å²) in [5.41, 5.74) is 2.14. The third-order valence-electron chi connectivity index (χ3n) is 4.73. The molecule has 0 unspecified atom stereocenters. The molecule has 0 aromatic heterocycles. The molecule has 128 valence electrons. The molecule has 1 amide bonds. The lowest BCUT2D eigenvalue weighted by Gasteiger charge is -2.34. The number of piperidine rings is 1. The molecule has 1 fully saturated rings. The van der Waals surface area contributed by atoms with E-state index < -0.39 is 0 Å². The quantitative estimate of drug-likeness (QED) is 0.921. The molecular formula is C20H25ClN2O. The Morgan fingerprint density at radius 1 is 0.958 bits per heavy atom. The Balaban J connectivity index is 0.00000208. The summed E-state index contributed by atoms with van der Waals surface area (Å²) >= 11 is 0. The van der Waals surface area contributed by atoms with Crippen molar-refractivity contribution in [2.45, 2.75) is 24.8 Å². The zero-order chi connectivity index (χ0) is 16.1. The zero-order valence-corrected chi connectivity index (χ0v) is 14.8. The second-order valence-electron chi connectivity index (χ2n) is 6.14. The van der Waals surface area contributed by atoms with E-state index in [2.05, 4.69) is 29.6 Å². The molecular weight excluding hydrogens is 320 g/mol. The van der Waals surface area contributed by atoms with Crippen LogP contribution in [0.2, 0.25) is 0 Å². The fraction of sp³-hybridized carbons (Fsp3) is 0.350. The van der Waals surface area contributed by atoms with Crippen molar-refractivity contribution < 1.29 is 4.79 Å². The number of carbonyl (C=O) groups is 1. The average molecular weight is 345 g/mol. The Hall–Kier alpha value is -1.84. The molecule has 3 rings (SSSR count). The molecule has 0 atom stereocenters. The van der Waals surface area contributed by atoms with Crippen LogP contribution in [0.25, 0.3) is 0 Å². The van der Waals surface area contributed by atoms with E-state index in [1.807, 2.05) is 48.3 Å². The average Bonchev–Trinajstić information content (AvgIpc) is 2.64. The summed E-state index contributed by atoms with van der Waals surface area (Å²) in [6.07, 6.45) is 2.05. The minimum Gasteiger partial charge on any atom is -0.342 e. The van der Waals surface area contributed by atoms with Crippen LogP contribution >= 0.6 is 12.4 Å². The number of hydrogen-bond donors (Lipinski definition) is 1. The minimum atomic E-state index is -0.205. The molecule has 0 spiro atoms. The lowest BCUT2D eigenvalue weighted by molar-refractivity contribution is -0.133. The number of benzene rings is 2. The summed E-state index contributed by atoms with van der Waals surface area (Å²) in [5.74, 6) is 0.0143. The van der Waals surface area contributed by atoms with Crippen molar-refractivity contribution in [1.82, 2.24) is 10.2 Å². The van der Waals surface area contributed by atoms with Gasteiger partial charge in [-0.1, -0.05) is 60.7 Å². The number of amides is 1. The number of rotatable bonds is 4. The highest BCUT2D eigenvalue weighted by Crippen LogP contribution is 2.28. The van der Waals surface area contributed by atoms with Gasteiger partial charge in [0.25, 0.3) is 0 Å². The monoisotopic (exact) mass is 344 g/mol. The summed E-state index contributed by atoms with van der Waals surface area (Å²) in [7, 11) is 2.00. The Labute approximate surface area is 150 Å². The van der Waals surface area contributed by atoms with Crippen molar-refractivity contribution in [1.29, 1.82) is 0 Å². The Kier molecular flexibility index (Phi) is 6.83. The van der Waals surface area contributed by atoms with E-state index >= 15 is 0 Å². The molecule has 0 aliphatic carbocycles. The van der Waals surface area contributed by atoms with Gasteiger partial charge in [0, 0.05) is 19.1 Å². The Bertz CT molecular complexity index is 585. The molecule has 3 nitrogen and oxygen atoms in total. The first-order chi connectivity index (χ1) is 11.3. The molecule has 1 aliphatic heterocycles. The maximum Gasteiger partial charge on any atom is 0.234 e. The summed E-state index contributed by atoms with van der Waals surface area (Å²) in [6.45, 7) is 1.67. The van der Waals surface area contributed by atoms with Crippen molar-refractivity contribution in [2.24, 2.45) is 0 Å². The van der Waals surface area contributed by atoms with Crippen LogP contribution in [0.4, 0.5) is 0 Å². The van der Waals surface area contributed by atoms with Crippen LogP contribution < -0.4 is 5.32 Å². The first-order valence-corrected chi connectivity index (χ1v) is 8.35. The van der Waals surface area contributed by atoms with Gasteiger partial charge < -0.3 is 10.2 Å². The highest BCUT2D eigenvalue weighted by atomic mass is 35.5. The van der Waals surface area contributed by atoms with E-state index in [1.54, 1.807) is 0 Å². The molecule has 4 heteroatoms. The third kappa shape index (κ3) is 4.16. The Morgan fingerprint density at radius 3 is 1.83 bits per heavy atom. The van der Waals surface area contributed by atoms with Gasteiger partial charge in [-0.3, -0.25) is 4.79 Å². The van der Waals surface area contributed by atoms with Crippen LogP contribution in [-0.2, 0) is 4.79 Å². The molecule has 1 aliphatic rings. The van der Waals surface area contributed by atoms with Crippen molar-refractivity contribution in [3.05, 3.63) is 71.8 Å². The van der Waals surface area contributed by atoms with Crippen LogP contribution in [0.15, 0.2) is 60.7 Å². The van der Waals surface area contributed by atoms with Gasteiger partial charge in [-0.25, -0.2) is 0 Å². The number of nitrogens with zero attached hydrogens (tertiary/aromatic N) is 1. The van der Waals surface area contributed by atoms with E-state index in [0.29, 0.717) is 6.04 Å². The van der Waals surface area contributed by atoms with Gasteiger partial charge in [-0.15, -0.1) is 12.4 Å². The molecule has 2 aromatic carbocycles. The predicted molar refractivity (Wildman–Crippen MR) is 101 cm³/mol. The standard InChI is InChI=1S/C20H24N2O.ClH/c1-21-18-12-14-22(15-13-18)20(23)19(16-8-4-2-5-9-16)17-10-6-3-7-11-17;/h2-11,18-19,21H,12-15H2,1H3;1H. The normalized spacial score (nSPS) is 15.2. The van der Waals surface area contributed by atoms with Crippen molar-refractivity contribution >= 4 is 18.3 Å².